The molecule has 0 amide bonds. The van der Waals surface area contributed by atoms with E-state index in [4.69, 9.17) is 4.74 Å². The Morgan fingerprint density at radius 2 is 2.04 bits per heavy atom. The van der Waals surface area contributed by atoms with Gasteiger partial charge in [0.05, 0.1) is 0 Å². The van der Waals surface area contributed by atoms with Crippen LogP contribution >= 0.6 is 0 Å². The number of aromatic nitrogens is 3. The Morgan fingerprint density at radius 3 is 2.87 bits per heavy atom. The summed E-state index contributed by atoms with van der Waals surface area (Å²) in [6.07, 6.45) is 0. The highest BCUT2D eigenvalue weighted by Crippen LogP contribution is 2.16. The van der Waals surface area contributed by atoms with Gasteiger partial charge in [0.25, 0.3) is 0 Å². The van der Waals surface area contributed by atoms with E-state index in [1.165, 1.54) is 0 Å². The van der Waals surface area contributed by atoms with Gasteiger partial charge >= 0.3 is 0 Å². The zero-order valence-electron chi connectivity index (χ0n) is 13.1. The number of methoxy groups -OCH3 is 1. The topological polar surface area (TPSA) is 79.9 Å². The lowest BCUT2D eigenvalue weighted by Crippen LogP contribution is -2.11. The molecule has 0 fully saturated rings. The number of hydrogen-bond acceptors (Lipinski definition) is 5. The molecule has 0 saturated heterocycles. The van der Waals surface area contributed by atoms with E-state index in [0.717, 1.165) is 22.2 Å². The zero-order valence-corrected chi connectivity index (χ0v) is 13.1. The fourth-order valence-electron chi connectivity index (χ4n) is 2.52. The molecule has 0 spiro atoms. The second kappa shape index (κ2) is 6.58. The fraction of sp³-hybridized carbons (Fsp3) is 0.235. The largest absolute Gasteiger partial charge is 0.377 e. The number of para-hydroxylation sites is 1. The second-order valence-corrected chi connectivity index (χ2v) is 5.30. The van der Waals surface area contributed by atoms with Gasteiger partial charge in [-0.25, -0.2) is 9.97 Å². The van der Waals surface area contributed by atoms with Crippen LogP contribution in [-0.4, -0.2) is 22.1 Å². The number of hydrogen-bond donors (Lipinski definition) is 2. The maximum atomic E-state index is 11.8. The summed E-state index contributed by atoms with van der Waals surface area (Å²) < 4.78 is 5.08. The predicted octanol–water partition coefficient (Wildman–Crippen LogP) is 2.39. The van der Waals surface area contributed by atoms with E-state index in [1.54, 1.807) is 13.2 Å². The standard InChI is InChI=1S/C17H18N4O2/c1-11-7-15(21-16(19-11)10-23-2)18-9-12-8-17(22)20-14-6-4-3-5-13(12)14/h3-8H,9-10H2,1-2H3,(H,20,22)(H,18,19,21). The quantitative estimate of drug-likeness (QED) is 0.756. The van der Waals surface area contributed by atoms with Crippen LogP contribution in [0.5, 0.6) is 0 Å². The van der Waals surface area contributed by atoms with Crippen molar-refractivity contribution in [1.82, 2.24) is 15.0 Å². The highest BCUT2D eigenvalue weighted by atomic mass is 16.5. The van der Waals surface area contributed by atoms with E-state index < -0.39 is 0 Å². The average molecular weight is 310 g/mol. The fourth-order valence-corrected chi connectivity index (χ4v) is 2.52. The lowest BCUT2D eigenvalue weighted by molar-refractivity contribution is 0.177. The van der Waals surface area contributed by atoms with Crippen LogP contribution < -0.4 is 10.9 Å². The van der Waals surface area contributed by atoms with Crippen LogP contribution in [0.2, 0.25) is 0 Å². The minimum atomic E-state index is -0.112. The van der Waals surface area contributed by atoms with Crippen LogP contribution in [0, 0.1) is 6.92 Å². The first kappa shape index (κ1) is 15.2. The van der Waals surface area contributed by atoms with Crippen molar-refractivity contribution < 1.29 is 4.74 Å². The summed E-state index contributed by atoms with van der Waals surface area (Å²) in [5.74, 6) is 1.35. The molecule has 1 aromatic carbocycles. The van der Waals surface area contributed by atoms with Gasteiger partial charge in [-0.1, -0.05) is 18.2 Å². The average Bonchev–Trinajstić information content (AvgIpc) is 2.52. The second-order valence-electron chi connectivity index (χ2n) is 5.30. The van der Waals surface area contributed by atoms with E-state index in [2.05, 4.69) is 20.3 Å². The first-order valence-electron chi connectivity index (χ1n) is 7.34. The van der Waals surface area contributed by atoms with Crippen LogP contribution in [0.25, 0.3) is 10.9 Å². The van der Waals surface area contributed by atoms with Crippen molar-refractivity contribution in [3.8, 4) is 0 Å². The van der Waals surface area contributed by atoms with Gasteiger partial charge in [0.15, 0.2) is 5.82 Å². The van der Waals surface area contributed by atoms with Gasteiger partial charge in [-0.15, -0.1) is 0 Å². The van der Waals surface area contributed by atoms with E-state index in [0.29, 0.717) is 24.8 Å². The Morgan fingerprint density at radius 1 is 1.22 bits per heavy atom. The number of fused-ring (bicyclic) bond motifs is 1. The summed E-state index contributed by atoms with van der Waals surface area (Å²) in [4.78, 5) is 23.3. The van der Waals surface area contributed by atoms with E-state index in [1.807, 2.05) is 37.3 Å². The summed E-state index contributed by atoms with van der Waals surface area (Å²) in [6.45, 7) is 2.78. The van der Waals surface area contributed by atoms with E-state index in [9.17, 15) is 4.79 Å². The monoisotopic (exact) mass is 310 g/mol. The molecule has 6 heteroatoms. The van der Waals surface area contributed by atoms with Gasteiger partial charge in [-0.2, -0.15) is 0 Å². The van der Waals surface area contributed by atoms with Crippen LogP contribution in [0.15, 0.2) is 41.2 Å². The number of anilines is 1. The van der Waals surface area contributed by atoms with Gasteiger partial charge in [0, 0.05) is 42.4 Å². The molecule has 0 bridgehead atoms. The third-order valence-electron chi connectivity index (χ3n) is 3.47. The molecular weight excluding hydrogens is 292 g/mol. The maximum absolute atomic E-state index is 11.8. The third kappa shape index (κ3) is 3.54. The number of pyridine rings is 1. The SMILES string of the molecule is COCc1nc(C)cc(NCc2cc(=O)[nH]c3ccccc23)n1. The molecule has 0 radical (unpaired) electrons. The number of rotatable bonds is 5. The van der Waals surface area contributed by atoms with Gasteiger partial charge in [0.2, 0.25) is 5.56 Å². The Hall–Kier alpha value is -2.73. The minimum absolute atomic E-state index is 0.112. The number of ether oxygens (including phenoxy) is 1. The highest BCUT2D eigenvalue weighted by molar-refractivity contribution is 5.82. The van der Waals surface area contributed by atoms with Gasteiger partial charge in [-0.05, 0) is 18.6 Å². The summed E-state index contributed by atoms with van der Waals surface area (Å²) in [6, 6.07) is 11.2. The first-order valence-corrected chi connectivity index (χ1v) is 7.34. The van der Waals surface area contributed by atoms with Crippen molar-refractivity contribution in [2.24, 2.45) is 0 Å². The number of benzene rings is 1. The molecule has 6 nitrogen and oxygen atoms in total. The van der Waals surface area contributed by atoms with Crippen LogP contribution in [0.1, 0.15) is 17.1 Å². The molecule has 2 heterocycles. The summed E-state index contributed by atoms with van der Waals surface area (Å²) in [7, 11) is 1.61. The van der Waals surface area contributed by atoms with Gasteiger partial charge in [0.1, 0.15) is 12.4 Å². The van der Waals surface area contributed by atoms with Crippen LogP contribution in [0.4, 0.5) is 5.82 Å². The Bertz CT molecular complexity index is 889. The van der Waals surface area contributed by atoms with Gasteiger partial charge < -0.3 is 15.0 Å². The van der Waals surface area contributed by atoms with E-state index in [-0.39, 0.29) is 5.56 Å². The molecule has 0 aliphatic carbocycles. The Kier molecular flexibility index (Phi) is 4.34. The molecule has 0 saturated carbocycles. The molecule has 0 atom stereocenters. The number of aromatic amines is 1. The number of nitrogens with zero attached hydrogens (tertiary/aromatic N) is 2. The number of nitrogens with one attached hydrogen (secondary N) is 2. The van der Waals surface area contributed by atoms with Crippen molar-refractivity contribution in [3.05, 3.63) is 63.8 Å². The molecule has 23 heavy (non-hydrogen) atoms. The molecule has 0 aliphatic rings. The molecule has 2 aromatic heterocycles. The first-order chi connectivity index (χ1) is 11.2. The summed E-state index contributed by atoms with van der Waals surface area (Å²) in [5.41, 5.74) is 2.51. The number of aryl methyl sites for hydroxylation is 1. The molecule has 118 valence electrons. The molecule has 2 N–H and O–H groups in total. The summed E-state index contributed by atoms with van der Waals surface area (Å²) in [5, 5.41) is 4.28. The summed E-state index contributed by atoms with van der Waals surface area (Å²) >= 11 is 0. The van der Waals surface area contributed by atoms with Crippen LogP contribution in [-0.2, 0) is 17.9 Å². The predicted molar refractivity (Wildman–Crippen MR) is 89.4 cm³/mol. The maximum Gasteiger partial charge on any atom is 0.248 e. The molecule has 0 unspecified atom stereocenters. The van der Waals surface area contributed by atoms with E-state index >= 15 is 0 Å². The van der Waals surface area contributed by atoms with Crippen molar-refractivity contribution >= 4 is 16.7 Å². The molecule has 3 aromatic rings. The van der Waals surface area contributed by atoms with Crippen LogP contribution in [0.3, 0.4) is 0 Å². The number of H-pyrrole nitrogens is 1. The zero-order chi connectivity index (χ0) is 16.2. The lowest BCUT2D eigenvalue weighted by Gasteiger charge is -2.10. The molecule has 0 aliphatic heterocycles. The van der Waals surface area contributed by atoms with Crippen molar-refractivity contribution in [2.45, 2.75) is 20.1 Å². The molecular formula is C17H18N4O2. The van der Waals surface area contributed by atoms with Gasteiger partial charge in [-0.3, -0.25) is 4.79 Å². The Labute approximate surface area is 133 Å². The third-order valence-corrected chi connectivity index (χ3v) is 3.47. The van der Waals surface area contributed by atoms with Crippen molar-refractivity contribution in [1.29, 1.82) is 0 Å². The van der Waals surface area contributed by atoms with Crippen molar-refractivity contribution in [3.63, 3.8) is 0 Å². The Balaban J connectivity index is 1.88. The van der Waals surface area contributed by atoms with Crippen molar-refractivity contribution in [2.75, 3.05) is 12.4 Å². The minimum Gasteiger partial charge on any atom is -0.377 e. The smallest absolute Gasteiger partial charge is 0.248 e. The molecule has 3 rings (SSSR count). The lowest BCUT2D eigenvalue weighted by atomic mass is 10.1. The normalized spacial score (nSPS) is 10.9. The highest BCUT2D eigenvalue weighted by Gasteiger charge is 2.05.